The van der Waals surface area contributed by atoms with E-state index in [4.69, 9.17) is 9.72 Å². The number of morpholine rings is 1. The number of imidazole rings is 1. The Morgan fingerprint density at radius 3 is 2.41 bits per heavy atom. The highest BCUT2D eigenvalue weighted by molar-refractivity contribution is 6.08. The van der Waals surface area contributed by atoms with Gasteiger partial charge in [-0.2, -0.15) is 10.2 Å². The maximum Gasteiger partial charge on any atom is 0.329 e. The van der Waals surface area contributed by atoms with E-state index in [-0.39, 0.29) is 41.4 Å². The number of alkyl halides is 2. The van der Waals surface area contributed by atoms with Gasteiger partial charge in [0.05, 0.1) is 47.4 Å². The number of piperazine rings is 1. The topological polar surface area (TPSA) is 172 Å². The van der Waals surface area contributed by atoms with E-state index in [0.29, 0.717) is 54.9 Å². The Kier molecular flexibility index (Phi) is 11.4. The molecule has 4 saturated heterocycles. The molecule has 3 amide bonds. The summed E-state index contributed by atoms with van der Waals surface area (Å²) in [6, 6.07) is 6.95. The van der Waals surface area contributed by atoms with Crippen LogP contribution in [0.4, 0.5) is 26.0 Å². The molecular weight excluding hydrogens is 829 g/mol. The van der Waals surface area contributed by atoms with Gasteiger partial charge in [-0.25, -0.2) is 23.1 Å². The number of amides is 3. The van der Waals surface area contributed by atoms with Crippen molar-refractivity contribution in [2.75, 3.05) is 87.2 Å². The number of fused-ring (bicyclic) bond motifs is 2. The number of imide groups is 1. The van der Waals surface area contributed by atoms with Crippen molar-refractivity contribution >= 4 is 51.6 Å². The van der Waals surface area contributed by atoms with E-state index in [1.807, 2.05) is 31.2 Å². The second-order valence-electron chi connectivity index (χ2n) is 18.3. The van der Waals surface area contributed by atoms with Crippen molar-refractivity contribution < 1.29 is 27.9 Å². The molecule has 1 unspecified atom stereocenters. The molecule has 0 bridgehead atoms. The minimum atomic E-state index is -2.86. The number of hydrogen-bond donors (Lipinski definition) is 2. The van der Waals surface area contributed by atoms with Gasteiger partial charge >= 0.3 is 5.69 Å². The highest BCUT2D eigenvalue weighted by Crippen LogP contribution is 2.37. The number of piperidine rings is 1. The van der Waals surface area contributed by atoms with Gasteiger partial charge in [0.1, 0.15) is 17.4 Å². The number of ether oxygens (including phenoxy) is 1. The summed E-state index contributed by atoms with van der Waals surface area (Å²) in [6.07, 6.45) is 5.99. The second-order valence-corrected chi connectivity index (χ2v) is 18.3. The van der Waals surface area contributed by atoms with Gasteiger partial charge in [0.15, 0.2) is 11.3 Å². The summed E-state index contributed by atoms with van der Waals surface area (Å²) in [5, 5.41) is 13.7. The second kappa shape index (κ2) is 17.3. The molecular formula is C44H55F2N13O5. The van der Waals surface area contributed by atoms with Crippen molar-refractivity contribution in [2.24, 2.45) is 18.9 Å². The molecule has 10 rings (SSSR count). The fourth-order valence-corrected chi connectivity index (χ4v) is 10.5. The first kappa shape index (κ1) is 42.2. The lowest BCUT2D eigenvalue weighted by Crippen LogP contribution is -2.55. The molecule has 0 radical (unpaired) electrons. The number of hydrogen-bond acceptors (Lipinski definition) is 12. The fraction of sp³-hybridized carbons (Fsp3) is 0.568. The number of nitrogens with zero attached hydrogens (tertiary/aromatic N) is 11. The Bertz CT molecular complexity index is 2620. The van der Waals surface area contributed by atoms with Crippen LogP contribution in [-0.4, -0.2) is 139 Å². The van der Waals surface area contributed by atoms with Crippen molar-refractivity contribution in [2.45, 2.75) is 70.1 Å². The molecule has 2 N–H and O–H groups in total. The van der Waals surface area contributed by atoms with E-state index in [9.17, 15) is 28.0 Å². The highest BCUT2D eigenvalue weighted by atomic mass is 19.3. The van der Waals surface area contributed by atoms with Crippen LogP contribution < -0.4 is 26.1 Å². The van der Waals surface area contributed by atoms with E-state index >= 15 is 0 Å². The van der Waals surface area contributed by atoms with Crippen LogP contribution in [0.5, 0.6) is 0 Å². The molecule has 20 heteroatoms. The molecule has 4 aromatic heterocycles. The van der Waals surface area contributed by atoms with Gasteiger partial charge in [-0.1, -0.05) is 6.07 Å². The number of anilines is 3. The summed E-state index contributed by atoms with van der Waals surface area (Å²) in [7, 11) is 1.74. The van der Waals surface area contributed by atoms with Crippen LogP contribution in [0.3, 0.4) is 0 Å². The first-order chi connectivity index (χ1) is 31.0. The van der Waals surface area contributed by atoms with Gasteiger partial charge in [-0.3, -0.25) is 33.5 Å². The van der Waals surface area contributed by atoms with Crippen molar-refractivity contribution in [3.63, 3.8) is 0 Å². The molecule has 4 aliphatic heterocycles. The van der Waals surface area contributed by atoms with Crippen LogP contribution in [-0.2, 0) is 21.4 Å². The van der Waals surface area contributed by atoms with Gasteiger partial charge in [-0.15, -0.1) is 0 Å². The van der Waals surface area contributed by atoms with Gasteiger partial charge in [0.2, 0.25) is 11.8 Å². The predicted molar refractivity (Wildman–Crippen MR) is 234 cm³/mol. The zero-order valence-electron chi connectivity index (χ0n) is 36.2. The Balaban J connectivity index is 0.693. The normalized spacial score (nSPS) is 24.2. The van der Waals surface area contributed by atoms with Crippen LogP contribution in [0.2, 0.25) is 0 Å². The zero-order chi connectivity index (χ0) is 44.2. The van der Waals surface area contributed by atoms with Crippen LogP contribution in [0.15, 0.2) is 47.7 Å². The van der Waals surface area contributed by atoms with E-state index < -0.39 is 30.0 Å². The Hall–Kier alpha value is -5.73. The van der Waals surface area contributed by atoms with Gasteiger partial charge in [-0.05, 0) is 63.1 Å². The largest absolute Gasteiger partial charge is 0.375 e. The van der Waals surface area contributed by atoms with Gasteiger partial charge < -0.3 is 29.7 Å². The average molecular weight is 884 g/mol. The summed E-state index contributed by atoms with van der Waals surface area (Å²) in [4.78, 5) is 65.6. The molecule has 5 aliphatic rings. The maximum absolute atomic E-state index is 14.3. The lowest BCUT2D eigenvalue weighted by atomic mass is 9.85. The van der Waals surface area contributed by atoms with Crippen LogP contribution in [0.25, 0.3) is 16.7 Å². The third-order valence-corrected chi connectivity index (χ3v) is 14.0. The van der Waals surface area contributed by atoms with E-state index in [0.717, 1.165) is 89.2 Å². The van der Waals surface area contributed by atoms with Crippen molar-refractivity contribution in [1.29, 1.82) is 0 Å². The van der Waals surface area contributed by atoms with Crippen molar-refractivity contribution in [3.8, 4) is 0 Å². The predicted octanol–water partition coefficient (Wildman–Crippen LogP) is 3.46. The van der Waals surface area contributed by atoms with Gasteiger partial charge in [0, 0.05) is 97.2 Å². The van der Waals surface area contributed by atoms with Crippen molar-refractivity contribution in [1.82, 2.24) is 48.6 Å². The maximum atomic E-state index is 14.3. The molecule has 0 spiro atoms. The Labute approximate surface area is 368 Å². The summed E-state index contributed by atoms with van der Waals surface area (Å²) >= 11 is 0. The number of aromatic nitrogens is 7. The lowest BCUT2D eigenvalue weighted by Gasteiger charge is -2.45. The standard InChI is InChI=1S/C44H55F2N13O5/c1-27-21-55(18-19-64-27)36-12-13-57-41(49-36)31(20-47-57)42(61)48-32-26-58(51-38(32)40(45)46)30-8-6-28(7-9-30)22-53-14-16-54(17-15-53)23-29-24-56(25-29)33-4-3-5-34-39(33)52(2)44(63)59(34)35-10-11-37(60)50-43(35)62/h3-5,12-13,20,26-30,35,40H,6-11,14-19,21-25H2,1-2H3,(H,48,61)(H,50,60,62)/t27-,28?,30?,35?/m0/s1. The molecule has 18 nitrogen and oxygen atoms in total. The number of benzene rings is 1. The summed E-state index contributed by atoms with van der Waals surface area (Å²) < 4.78 is 40.6. The Morgan fingerprint density at radius 2 is 1.69 bits per heavy atom. The first-order valence-electron chi connectivity index (χ1n) is 22.6. The van der Waals surface area contributed by atoms with E-state index in [1.54, 1.807) is 28.7 Å². The van der Waals surface area contributed by atoms with Crippen LogP contribution in [0.1, 0.15) is 80.0 Å². The number of para-hydroxylation sites is 1. The monoisotopic (exact) mass is 883 g/mol. The molecule has 1 aliphatic carbocycles. The third kappa shape index (κ3) is 8.15. The molecule has 340 valence electrons. The minimum absolute atomic E-state index is 0.00171. The quantitative estimate of drug-likeness (QED) is 0.186. The van der Waals surface area contributed by atoms with Gasteiger partial charge in [0.25, 0.3) is 12.3 Å². The van der Waals surface area contributed by atoms with Crippen LogP contribution in [0, 0.1) is 11.8 Å². The molecule has 1 saturated carbocycles. The number of nitrogens with one attached hydrogen (secondary N) is 2. The molecule has 64 heavy (non-hydrogen) atoms. The Morgan fingerprint density at radius 1 is 0.938 bits per heavy atom. The SMILES string of the molecule is C[C@H]1CN(c2ccn3ncc(C(=O)Nc4cn(C5CCC(CN6CCN(CC7CN(c8cccc9c8n(C)c(=O)n9C8CCC(=O)NC8=O)C7)CC6)CC5)nc4C(F)F)c3n2)CCO1. The minimum Gasteiger partial charge on any atom is -0.375 e. The summed E-state index contributed by atoms with van der Waals surface area (Å²) in [5.74, 6) is 0.410. The van der Waals surface area contributed by atoms with E-state index in [1.165, 1.54) is 15.3 Å². The number of carbonyl (C=O) groups excluding carboxylic acids is 3. The third-order valence-electron chi connectivity index (χ3n) is 14.0. The molecule has 8 heterocycles. The zero-order valence-corrected chi connectivity index (χ0v) is 36.2. The first-order valence-corrected chi connectivity index (χ1v) is 22.6. The van der Waals surface area contributed by atoms with E-state index in [2.05, 4.69) is 40.4 Å². The number of halogens is 2. The lowest BCUT2D eigenvalue weighted by molar-refractivity contribution is -0.135. The summed E-state index contributed by atoms with van der Waals surface area (Å²) in [5.41, 5.74) is 2.32. The molecule has 2 atom stereocenters. The smallest absolute Gasteiger partial charge is 0.329 e. The summed E-state index contributed by atoms with van der Waals surface area (Å²) in [6.45, 7) is 11.7. The fourth-order valence-electron chi connectivity index (χ4n) is 10.5. The molecule has 5 fully saturated rings. The number of aryl methyl sites for hydroxylation is 1. The highest BCUT2D eigenvalue weighted by Gasteiger charge is 2.36. The average Bonchev–Trinajstić information content (AvgIpc) is 3.97. The number of rotatable bonds is 11. The molecule has 5 aromatic rings. The van der Waals surface area contributed by atoms with Crippen LogP contribution >= 0.6 is 0 Å². The number of carbonyl (C=O) groups is 3. The molecule has 1 aromatic carbocycles. The van der Waals surface area contributed by atoms with Crippen molar-refractivity contribution in [3.05, 3.63) is 64.6 Å².